The molecule has 10 nitrogen and oxygen atoms in total. The van der Waals surface area contributed by atoms with E-state index in [1.807, 2.05) is 85.0 Å². The molecular formula is C30H30N6O4S. The molecule has 0 radical (unpaired) electrons. The zero-order valence-electron chi connectivity index (χ0n) is 23.1. The third kappa shape index (κ3) is 5.48. The van der Waals surface area contributed by atoms with Crippen LogP contribution < -0.4 is 20.3 Å². The van der Waals surface area contributed by atoms with Crippen LogP contribution in [0, 0.1) is 15.5 Å². The van der Waals surface area contributed by atoms with Gasteiger partial charge in [-0.2, -0.15) is 0 Å². The van der Waals surface area contributed by atoms with Crippen LogP contribution in [-0.2, 0) is 4.79 Å². The fourth-order valence-electron chi connectivity index (χ4n) is 4.80. The number of amides is 1. The SMILES string of the molecule is COc1cc(N2C(=S)N[C@@H](c3ccccn3)[C@@H]2c2cccn2-c2cccc([N+](=O)[O-])c2)ccc1NC(=O)C(C)(C)C. The molecule has 1 fully saturated rings. The monoisotopic (exact) mass is 570 g/mol. The highest BCUT2D eigenvalue weighted by molar-refractivity contribution is 7.80. The van der Waals surface area contributed by atoms with Gasteiger partial charge in [-0.1, -0.05) is 32.9 Å². The Morgan fingerprint density at radius 1 is 1.07 bits per heavy atom. The lowest BCUT2D eigenvalue weighted by Crippen LogP contribution is -2.30. The second-order valence-electron chi connectivity index (χ2n) is 10.7. The first-order chi connectivity index (χ1) is 19.6. The minimum Gasteiger partial charge on any atom is -0.494 e. The molecule has 210 valence electrons. The number of nitro benzene ring substituents is 1. The van der Waals surface area contributed by atoms with Crippen LogP contribution in [-0.4, -0.2) is 32.6 Å². The Morgan fingerprint density at radius 2 is 1.88 bits per heavy atom. The van der Waals surface area contributed by atoms with Gasteiger partial charge in [0.15, 0.2) is 5.11 Å². The van der Waals surface area contributed by atoms with Crippen molar-refractivity contribution in [2.45, 2.75) is 32.9 Å². The van der Waals surface area contributed by atoms with Gasteiger partial charge in [-0.15, -0.1) is 0 Å². The first kappa shape index (κ1) is 27.8. The summed E-state index contributed by atoms with van der Waals surface area (Å²) in [6.45, 7) is 5.53. The average molecular weight is 571 g/mol. The first-order valence-corrected chi connectivity index (χ1v) is 13.4. The number of pyridine rings is 1. The number of nitro groups is 1. The molecule has 41 heavy (non-hydrogen) atoms. The number of rotatable bonds is 7. The topological polar surface area (TPSA) is 115 Å². The van der Waals surface area contributed by atoms with Crippen LogP contribution in [0.15, 0.2) is 85.2 Å². The number of nitrogens with one attached hydrogen (secondary N) is 2. The molecule has 3 heterocycles. The fourth-order valence-corrected chi connectivity index (χ4v) is 5.15. The van der Waals surface area contributed by atoms with E-state index in [9.17, 15) is 14.9 Å². The number of benzene rings is 2. The van der Waals surface area contributed by atoms with E-state index < -0.39 is 10.3 Å². The van der Waals surface area contributed by atoms with Crippen LogP contribution in [0.2, 0.25) is 0 Å². The van der Waals surface area contributed by atoms with E-state index in [-0.39, 0.29) is 23.7 Å². The van der Waals surface area contributed by atoms with E-state index in [0.717, 1.165) is 17.1 Å². The number of methoxy groups -OCH3 is 1. The van der Waals surface area contributed by atoms with Gasteiger partial charge >= 0.3 is 0 Å². The Bertz CT molecular complexity index is 1610. The maximum absolute atomic E-state index is 12.7. The smallest absolute Gasteiger partial charge is 0.271 e. The Morgan fingerprint density at radius 3 is 2.56 bits per heavy atom. The summed E-state index contributed by atoms with van der Waals surface area (Å²) in [7, 11) is 1.55. The molecular weight excluding hydrogens is 540 g/mol. The van der Waals surface area contributed by atoms with Gasteiger partial charge in [0.05, 0.1) is 35.1 Å². The number of carbonyl (C=O) groups is 1. The summed E-state index contributed by atoms with van der Waals surface area (Å²) in [4.78, 5) is 30.4. The number of non-ortho nitro benzene ring substituents is 1. The number of hydrogen-bond acceptors (Lipinski definition) is 6. The van der Waals surface area contributed by atoms with Crippen LogP contribution in [0.5, 0.6) is 5.75 Å². The number of thiocarbonyl (C=S) groups is 1. The van der Waals surface area contributed by atoms with Crippen LogP contribution in [0.4, 0.5) is 17.1 Å². The second kappa shape index (κ2) is 11.0. The van der Waals surface area contributed by atoms with Crippen molar-refractivity contribution < 1.29 is 14.5 Å². The van der Waals surface area contributed by atoms with Gasteiger partial charge in [-0.25, -0.2) is 0 Å². The standard InChI is InChI=1S/C30H30N6O4S/c1-30(2,3)28(37)32-22-14-13-20(18-25(22)40-4)35-27(26(33-29(35)41)23-11-5-6-15-31-23)24-12-8-16-34(24)19-9-7-10-21(17-19)36(38)39/h5-18,26-27H,1-4H3,(H,32,37)(H,33,41)/t26-,27-/m0/s1. The molecule has 1 aliphatic heterocycles. The van der Waals surface area contributed by atoms with Crippen molar-refractivity contribution in [2.75, 3.05) is 17.3 Å². The van der Waals surface area contributed by atoms with Crippen LogP contribution >= 0.6 is 12.2 Å². The van der Waals surface area contributed by atoms with Crippen molar-refractivity contribution in [1.82, 2.24) is 14.9 Å². The summed E-state index contributed by atoms with van der Waals surface area (Å²) < 4.78 is 7.60. The van der Waals surface area contributed by atoms with Crippen molar-refractivity contribution in [3.8, 4) is 11.4 Å². The number of nitrogens with zero attached hydrogens (tertiary/aromatic N) is 4. The number of carbonyl (C=O) groups excluding carboxylic acids is 1. The number of ether oxygens (including phenoxy) is 1. The first-order valence-electron chi connectivity index (χ1n) is 13.0. The van der Waals surface area contributed by atoms with Crippen LogP contribution in [0.3, 0.4) is 0 Å². The van der Waals surface area contributed by atoms with E-state index >= 15 is 0 Å². The van der Waals surface area contributed by atoms with Gasteiger partial charge in [-0.3, -0.25) is 19.9 Å². The zero-order valence-corrected chi connectivity index (χ0v) is 23.9. The lowest BCUT2D eigenvalue weighted by molar-refractivity contribution is -0.384. The van der Waals surface area contributed by atoms with Gasteiger partial charge in [0, 0.05) is 47.4 Å². The van der Waals surface area contributed by atoms with E-state index in [2.05, 4.69) is 15.6 Å². The second-order valence-corrected chi connectivity index (χ2v) is 11.1. The van der Waals surface area contributed by atoms with E-state index in [0.29, 0.717) is 22.2 Å². The van der Waals surface area contributed by atoms with Crippen molar-refractivity contribution in [1.29, 1.82) is 0 Å². The summed E-state index contributed by atoms with van der Waals surface area (Å²) in [6, 6.07) is 20.9. The minimum absolute atomic E-state index is 0.00187. The van der Waals surface area contributed by atoms with E-state index in [1.165, 1.54) is 6.07 Å². The summed E-state index contributed by atoms with van der Waals surface area (Å²) in [6.07, 6.45) is 3.60. The van der Waals surface area contributed by atoms with Crippen molar-refractivity contribution >= 4 is 40.3 Å². The highest BCUT2D eigenvalue weighted by Crippen LogP contribution is 2.44. The molecule has 11 heteroatoms. The maximum atomic E-state index is 12.7. The number of anilines is 2. The zero-order chi connectivity index (χ0) is 29.3. The van der Waals surface area contributed by atoms with Crippen LogP contribution in [0.1, 0.15) is 44.2 Å². The molecule has 5 rings (SSSR count). The normalized spacial score (nSPS) is 16.8. The Kier molecular flexibility index (Phi) is 7.46. The Balaban J connectivity index is 1.62. The van der Waals surface area contributed by atoms with Gasteiger partial charge in [0.25, 0.3) is 5.69 Å². The number of hydrogen-bond donors (Lipinski definition) is 2. The third-order valence-electron chi connectivity index (χ3n) is 6.89. The molecule has 0 spiro atoms. The molecule has 2 N–H and O–H groups in total. The van der Waals surface area contributed by atoms with Gasteiger partial charge in [0.2, 0.25) is 5.91 Å². The largest absolute Gasteiger partial charge is 0.494 e. The summed E-state index contributed by atoms with van der Waals surface area (Å²) >= 11 is 5.87. The maximum Gasteiger partial charge on any atom is 0.271 e. The van der Waals surface area contributed by atoms with Crippen molar-refractivity contribution in [3.63, 3.8) is 0 Å². The van der Waals surface area contributed by atoms with Crippen LogP contribution in [0.25, 0.3) is 5.69 Å². The average Bonchev–Trinajstić information content (AvgIpc) is 3.57. The molecule has 4 aromatic rings. The Hall–Kier alpha value is -4.77. The predicted octanol–water partition coefficient (Wildman–Crippen LogP) is 5.95. The van der Waals surface area contributed by atoms with Gasteiger partial charge < -0.3 is 24.8 Å². The minimum atomic E-state index is -0.580. The molecule has 2 aromatic heterocycles. The highest BCUT2D eigenvalue weighted by atomic mass is 32.1. The Labute approximate surface area is 243 Å². The summed E-state index contributed by atoms with van der Waals surface area (Å²) in [5.41, 5.74) is 2.99. The fraction of sp³-hybridized carbons (Fsp3) is 0.233. The van der Waals surface area contributed by atoms with Gasteiger partial charge in [-0.05, 0) is 54.7 Å². The van der Waals surface area contributed by atoms with E-state index in [4.69, 9.17) is 17.0 Å². The molecule has 0 saturated carbocycles. The predicted molar refractivity (Wildman–Crippen MR) is 161 cm³/mol. The number of aromatic nitrogens is 2. The molecule has 1 aliphatic rings. The molecule has 1 amide bonds. The molecule has 1 saturated heterocycles. The quantitative estimate of drug-likeness (QED) is 0.159. The highest BCUT2D eigenvalue weighted by Gasteiger charge is 2.42. The van der Waals surface area contributed by atoms with E-state index in [1.54, 1.807) is 31.5 Å². The van der Waals surface area contributed by atoms with Crippen molar-refractivity contribution in [2.24, 2.45) is 5.41 Å². The van der Waals surface area contributed by atoms with Gasteiger partial charge in [0.1, 0.15) is 11.8 Å². The summed E-state index contributed by atoms with van der Waals surface area (Å²) in [5, 5.41) is 18.4. The molecule has 0 unspecified atom stereocenters. The third-order valence-corrected chi connectivity index (χ3v) is 7.21. The molecule has 2 atom stereocenters. The van der Waals surface area contributed by atoms with Crippen molar-refractivity contribution in [3.05, 3.63) is 107 Å². The molecule has 2 aromatic carbocycles. The molecule has 0 aliphatic carbocycles. The lowest BCUT2D eigenvalue weighted by Gasteiger charge is -2.29. The molecule has 0 bridgehead atoms. The summed E-state index contributed by atoms with van der Waals surface area (Å²) in [5.74, 6) is 0.349. The lowest BCUT2D eigenvalue weighted by atomic mass is 9.95.